The van der Waals surface area contributed by atoms with Crippen molar-refractivity contribution in [3.05, 3.63) is 68.6 Å². The molecule has 0 atom stereocenters. The zero-order chi connectivity index (χ0) is 29.8. The fraction of sp³-hybridized carbons (Fsp3) is 0.414. The quantitative estimate of drug-likeness (QED) is 0.243. The zero-order valence-electron chi connectivity index (χ0n) is 22.9. The first-order chi connectivity index (χ1) is 19.9. The maximum absolute atomic E-state index is 14.8. The Labute approximate surface area is 251 Å². The first-order valence-electron chi connectivity index (χ1n) is 13.6. The molecule has 0 spiro atoms. The Hall–Kier alpha value is -2.90. The number of ether oxygens (including phenoxy) is 1. The topological polar surface area (TPSA) is 132 Å². The number of thiazole rings is 1. The van der Waals surface area contributed by atoms with Crippen LogP contribution in [0.3, 0.4) is 0 Å². The number of carbonyl (C=O) groups excluding carboxylic acids is 1. The van der Waals surface area contributed by atoms with Crippen molar-refractivity contribution in [2.45, 2.75) is 69.7 Å². The minimum absolute atomic E-state index is 0.0279. The lowest BCUT2D eigenvalue weighted by molar-refractivity contribution is -0.0641. The number of aliphatic hydroxyl groups is 1. The molecule has 1 amide bonds. The van der Waals surface area contributed by atoms with E-state index in [1.807, 2.05) is 29.8 Å². The summed E-state index contributed by atoms with van der Waals surface area (Å²) in [6.45, 7) is 2.29. The molecule has 0 aliphatic heterocycles. The van der Waals surface area contributed by atoms with E-state index in [2.05, 4.69) is 10.1 Å². The van der Waals surface area contributed by atoms with Gasteiger partial charge in [0.2, 0.25) is 10.0 Å². The molecule has 13 heteroatoms. The third kappa shape index (κ3) is 5.83. The molecule has 2 N–H and O–H groups in total. The van der Waals surface area contributed by atoms with Crippen molar-refractivity contribution in [2.75, 3.05) is 6.26 Å². The van der Waals surface area contributed by atoms with Crippen molar-refractivity contribution in [2.24, 2.45) is 0 Å². The first-order valence-corrected chi connectivity index (χ1v) is 16.7. The van der Waals surface area contributed by atoms with E-state index >= 15 is 0 Å². The summed E-state index contributed by atoms with van der Waals surface area (Å²) < 4.78 is 52.0. The number of benzene rings is 2. The lowest BCUT2D eigenvalue weighted by Crippen LogP contribution is -2.34. The molecule has 2 aliphatic rings. The van der Waals surface area contributed by atoms with Crippen LogP contribution < -0.4 is 4.72 Å². The van der Waals surface area contributed by atoms with Crippen LogP contribution in [0.15, 0.2) is 34.9 Å². The lowest BCUT2D eigenvalue weighted by Gasteiger charge is -2.34. The molecule has 222 valence electrons. The minimum Gasteiger partial charge on any atom is -0.383 e. The summed E-state index contributed by atoms with van der Waals surface area (Å²) in [5.74, 6) is -0.520. The largest absolute Gasteiger partial charge is 0.383 e. The number of aryl methyl sites for hydroxylation is 1. The highest BCUT2D eigenvalue weighted by atomic mass is 35.5. The maximum atomic E-state index is 14.8. The number of rotatable bonds is 8. The van der Waals surface area contributed by atoms with Gasteiger partial charge in [-0.25, -0.2) is 22.5 Å². The van der Waals surface area contributed by atoms with E-state index in [0.717, 1.165) is 59.0 Å². The summed E-state index contributed by atoms with van der Waals surface area (Å²) in [4.78, 5) is 16.6. The summed E-state index contributed by atoms with van der Waals surface area (Å²) in [5, 5.41) is 16.8. The zero-order valence-corrected chi connectivity index (χ0v) is 25.3. The number of hydrogen-bond donors (Lipinski definition) is 2. The molecule has 2 aliphatic carbocycles. The molecule has 0 saturated heterocycles. The van der Waals surface area contributed by atoms with Crippen LogP contribution in [0.5, 0.6) is 0 Å². The second-order valence-corrected chi connectivity index (χ2v) is 14.3. The summed E-state index contributed by atoms with van der Waals surface area (Å²) in [6, 6.07) is 8.05. The number of amides is 1. The van der Waals surface area contributed by atoms with Gasteiger partial charge in [0.25, 0.3) is 5.91 Å². The van der Waals surface area contributed by atoms with Crippen molar-refractivity contribution in [1.82, 2.24) is 14.9 Å². The number of nitrogens with zero attached hydrogens (tertiary/aromatic N) is 2. The molecule has 0 unspecified atom stereocenters. The number of hydrogen-bond acceptors (Lipinski definition) is 9. The molecular formula is C29H29ClFN3O6S2. The van der Waals surface area contributed by atoms with Crippen LogP contribution in [0.2, 0.25) is 5.02 Å². The van der Waals surface area contributed by atoms with E-state index in [4.69, 9.17) is 20.9 Å². The van der Waals surface area contributed by atoms with Crippen molar-refractivity contribution < 1.29 is 32.0 Å². The Kier molecular flexibility index (Phi) is 7.63. The molecule has 6 rings (SSSR count). The smallest absolute Gasteiger partial charge is 0.264 e. The average molecular weight is 634 g/mol. The van der Waals surface area contributed by atoms with Gasteiger partial charge in [0.05, 0.1) is 28.7 Å². The normalized spacial score (nSPS) is 21.1. The van der Waals surface area contributed by atoms with Gasteiger partial charge in [0.15, 0.2) is 5.82 Å². The molecule has 2 heterocycles. The van der Waals surface area contributed by atoms with E-state index in [1.54, 1.807) is 0 Å². The van der Waals surface area contributed by atoms with Crippen LogP contribution in [0.1, 0.15) is 76.7 Å². The molecule has 0 radical (unpaired) electrons. The second kappa shape index (κ2) is 11.0. The summed E-state index contributed by atoms with van der Waals surface area (Å²) in [5.41, 5.74) is 2.06. The van der Waals surface area contributed by atoms with Gasteiger partial charge >= 0.3 is 0 Å². The van der Waals surface area contributed by atoms with Crippen LogP contribution in [0.25, 0.3) is 21.5 Å². The molecular weight excluding hydrogens is 605 g/mol. The molecule has 0 bridgehead atoms. The standard InChI is InChI=1S/C29H29ClFN3O6S2/c1-15-4-3-5-20(30)23(15)24-19(26(40-33-24)16-6-7-16)14-39-18-8-10-29(36,11-9-18)28-32-25-21(31)12-17(13-22(25)41-28)27(35)34-42(2,37)38/h3-5,12-13,16,18,36H,6-11,14H2,1-2H3,(H,34,35)/t18-,29+. The molecule has 4 aromatic rings. The van der Waals surface area contributed by atoms with Gasteiger partial charge in [-0.05, 0) is 69.2 Å². The Morgan fingerprint density at radius 1 is 1.26 bits per heavy atom. The fourth-order valence-electron chi connectivity index (χ4n) is 5.45. The third-order valence-corrected chi connectivity index (χ3v) is 9.90. The number of halogens is 2. The highest BCUT2D eigenvalue weighted by molar-refractivity contribution is 7.89. The Balaban J connectivity index is 1.16. The monoisotopic (exact) mass is 633 g/mol. The van der Waals surface area contributed by atoms with E-state index < -0.39 is 27.3 Å². The highest BCUT2D eigenvalue weighted by Gasteiger charge is 2.39. The number of fused-ring (bicyclic) bond motifs is 1. The van der Waals surface area contributed by atoms with E-state index in [0.29, 0.717) is 58.6 Å². The van der Waals surface area contributed by atoms with Crippen molar-refractivity contribution >= 4 is 49.1 Å². The van der Waals surface area contributed by atoms with Crippen LogP contribution >= 0.6 is 22.9 Å². The first kappa shape index (κ1) is 29.2. The van der Waals surface area contributed by atoms with Gasteiger partial charge in [0, 0.05) is 22.6 Å². The van der Waals surface area contributed by atoms with Crippen molar-refractivity contribution in [3.63, 3.8) is 0 Å². The molecule has 2 saturated carbocycles. The number of sulfonamides is 1. The maximum Gasteiger partial charge on any atom is 0.264 e. The van der Waals surface area contributed by atoms with Gasteiger partial charge < -0.3 is 14.4 Å². The van der Waals surface area contributed by atoms with E-state index in [9.17, 15) is 22.7 Å². The van der Waals surface area contributed by atoms with Crippen LogP contribution in [0.4, 0.5) is 4.39 Å². The van der Waals surface area contributed by atoms with Gasteiger partial charge in [0.1, 0.15) is 27.6 Å². The van der Waals surface area contributed by atoms with E-state index in [1.165, 1.54) is 6.07 Å². The Bertz CT molecular complexity index is 1770. The fourth-order valence-corrected chi connectivity index (χ4v) is 7.38. The molecule has 42 heavy (non-hydrogen) atoms. The Morgan fingerprint density at radius 3 is 2.67 bits per heavy atom. The Morgan fingerprint density at radius 2 is 2.00 bits per heavy atom. The van der Waals surface area contributed by atoms with Crippen LogP contribution in [0, 0.1) is 12.7 Å². The summed E-state index contributed by atoms with van der Waals surface area (Å²) in [7, 11) is -3.81. The van der Waals surface area contributed by atoms with Crippen molar-refractivity contribution in [1.29, 1.82) is 0 Å². The van der Waals surface area contributed by atoms with E-state index in [-0.39, 0.29) is 17.2 Å². The molecule has 2 fully saturated rings. The summed E-state index contributed by atoms with van der Waals surface area (Å²) in [6.07, 6.45) is 4.65. The predicted octanol–water partition coefficient (Wildman–Crippen LogP) is 5.97. The highest BCUT2D eigenvalue weighted by Crippen LogP contribution is 2.46. The van der Waals surface area contributed by atoms with Gasteiger partial charge in [-0.1, -0.05) is 28.9 Å². The number of nitrogens with one attached hydrogen (secondary N) is 1. The molecule has 9 nitrogen and oxygen atoms in total. The molecule has 2 aromatic heterocycles. The molecule has 2 aromatic carbocycles. The van der Waals surface area contributed by atoms with Crippen LogP contribution in [-0.4, -0.2) is 41.9 Å². The SMILES string of the molecule is Cc1cccc(Cl)c1-c1noc(C2CC2)c1CO[C@H]1CC[C@](O)(c2nc3c(F)cc(C(=O)NS(C)(=O)=O)cc3s2)CC1. The van der Waals surface area contributed by atoms with Gasteiger partial charge in [-0.2, -0.15) is 0 Å². The second-order valence-electron chi connectivity index (χ2n) is 11.1. The number of aromatic nitrogens is 2. The summed E-state index contributed by atoms with van der Waals surface area (Å²) >= 11 is 7.63. The number of carbonyl (C=O) groups is 1. The van der Waals surface area contributed by atoms with Gasteiger partial charge in [-0.3, -0.25) is 4.79 Å². The van der Waals surface area contributed by atoms with Crippen LogP contribution in [-0.2, 0) is 27.0 Å². The minimum atomic E-state index is -3.81. The third-order valence-electron chi connectivity index (χ3n) is 7.84. The lowest BCUT2D eigenvalue weighted by atomic mass is 9.83. The average Bonchev–Trinajstić information content (AvgIpc) is 3.52. The predicted molar refractivity (Wildman–Crippen MR) is 156 cm³/mol. The van der Waals surface area contributed by atoms with Crippen molar-refractivity contribution in [3.8, 4) is 11.3 Å². The van der Waals surface area contributed by atoms with Gasteiger partial charge in [-0.15, -0.1) is 11.3 Å².